The number of benzene rings is 1. The van der Waals surface area contributed by atoms with Crippen molar-refractivity contribution in [1.29, 1.82) is 0 Å². The molecule has 2 aliphatic rings. The Morgan fingerprint density at radius 2 is 1.95 bits per heavy atom. The summed E-state index contributed by atoms with van der Waals surface area (Å²) in [6.07, 6.45) is 3.73. The van der Waals surface area contributed by atoms with E-state index >= 15 is 0 Å². The molecule has 1 aromatic carbocycles. The summed E-state index contributed by atoms with van der Waals surface area (Å²) in [6, 6.07) is 10.8. The van der Waals surface area contributed by atoms with E-state index < -0.39 is 0 Å². The molecule has 1 spiro atoms. The van der Waals surface area contributed by atoms with Crippen LogP contribution < -0.4 is 0 Å². The number of likely N-dealkylation sites (tertiary alicyclic amines) is 1. The van der Waals surface area contributed by atoms with E-state index in [2.05, 4.69) is 24.3 Å². The molecule has 2 heterocycles. The molecule has 1 amide bonds. The van der Waals surface area contributed by atoms with E-state index in [1.54, 1.807) is 0 Å². The van der Waals surface area contributed by atoms with Crippen LogP contribution >= 0.6 is 0 Å². The van der Waals surface area contributed by atoms with Crippen molar-refractivity contribution < 1.29 is 9.53 Å². The van der Waals surface area contributed by atoms with Gasteiger partial charge in [0, 0.05) is 26.3 Å². The minimum Gasteiger partial charge on any atom is -0.381 e. The van der Waals surface area contributed by atoms with Crippen molar-refractivity contribution in [3.05, 3.63) is 35.9 Å². The Bertz CT molecular complexity index is 451. The van der Waals surface area contributed by atoms with Gasteiger partial charge in [-0.15, -0.1) is 0 Å². The topological polar surface area (TPSA) is 29.5 Å². The molecule has 19 heavy (non-hydrogen) atoms. The molecule has 0 bridgehead atoms. The van der Waals surface area contributed by atoms with Gasteiger partial charge >= 0.3 is 0 Å². The summed E-state index contributed by atoms with van der Waals surface area (Å²) in [5.74, 6) is 0.330. The number of carbonyl (C=O) groups is 1. The predicted molar refractivity (Wildman–Crippen MR) is 73.8 cm³/mol. The lowest BCUT2D eigenvalue weighted by molar-refractivity contribution is -0.139. The van der Waals surface area contributed by atoms with E-state index in [0.29, 0.717) is 11.9 Å². The fourth-order valence-corrected chi connectivity index (χ4v) is 3.49. The molecule has 3 rings (SSSR count). The summed E-state index contributed by atoms with van der Waals surface area (Å²) in [5.41, 5.74) is 1.18. The number of likely N-dealkylation sites (N-methyl/N-ethyl adjacent to an activating group) is 1. The van der Waals surface area contributed by atoms with Gasteiger partial charge in [-0.3, -0.25) is 4.79 Å². The predicted octanol–water partition coefficient (Wildman–Crippen LogP) is 2.26. The van der Waals surface area contributed by atoms with Crippen LogP contribution in [0, 0.1) is 5.41 Å². The Morgan fingerprint density at radius 3 is 2.63 bits per heavy atom. The molecule has 1 atom stereocenters. The van der Waals surface area contributed by atoms with Crippen LogP contribution in [0.5, 0.6) is 0 Å². The molecule has 0 N–H and O–H groups in total. The van der Waals surface area contributed by atoms with Crippen LogP contribution in [0.2, 0.25) is 0 Å². The largest absolute Gasteiger partial charge is 0.381 e. The average molecular weight is 259 g/mol. The second kappa shape index (κ2) is 4.97. The lowest BCUT2D eigenvalue weighted by Crippen LogP contribution is -2.38. The van der Waals surface area contributed by atoms with Gasteiger partial charge in [0.05, 0.1) is 5.41 Å². The highest BCUT2D eigenvalue weighted by Crippen LogP contribution is 2.44. The highest BCUT2D eigenvalue weighted by Gasteiger charge is 2.50. The Hall–Kier alpha value is -1.35. The molecule has 0 radical (unpaired) electrons. The third kappa shape index (κ3) is 2.27. The average Bonchev–Trinajstić information content (AvgIpc) is 2.67. The molecular weight excluding hydrogens is 238 g/mol. The van der Waals surface area contributed by atoms with Crippen molar-refractivity contribution in [1.82, 2.24) is 4.90 Å². The van der Waals surface area contributed by atoms with Gasteiger partial charge < -0.3 is 9.64 Å². The maximum Gasteiger partial charge on any atom is 0.229 e. The first-order valence-electron chi connectivity index (χ1n) is 7.10. The summed E-state index contributed by atoms with van der Waals surface area (Å²) in [6.45, 7) is 1.47. The molecule has 1 aromatic rings. The molecule has 3 heteroatoms. The van der Waals surface area contributed by atoms with Crippen molar-refractivity contribution in [3.63, 3.8) is 0 Å². The van der Waals surface area contributed by atoms with E-state index in [9.17, 15) is 4.79 Å². The van der Waals surface area contributed by atoms with Gasteiger partial charge in [0.25, 0.3) is 0 Å². The van der Waals surface area contributed by atoms with Gasteiger partial charge in [0.1, 0.15) is 0 Å². The zero-order valence-electron chi connectivity index (χ0n) is 11.5. The Kier molecular flexibility index (Phi) is 3.31. The van der Waals surface area contributed by atoms with E-state index in [-0.39, 0.29) is 5.41 Å². The lowest BCUT2D eigenvalue weighted by atomic mass is 9.77. The first kappa shape index (κ1) is 12.7. The van der Waals surface area contributed by atoms with Crippen molar-refractivity contribution in [2.24, 2.45) is 5.41 Å². The quantitative estimate of drug-likeness (QED) is 0.815. The fourth-order valence-electron chi connectivity index (χ4n) is 3.49. The van der Waals surface area contributed by atoms with E-state index in [1.165, 1.54) is 5.56 Å². The highest BCUT2D eigenvalue weighted by molar-refractivity contribution is 5.85. The van der Waals surface area contributed by atoms with Crippen molar-refractivity contribution >= 4 is 5.91 Å². The molecule has 2 aliphatic heterocycles. The Labute approximate surface area is 114 Å². The van der Waals surface area contributed by atoms with E-state index in [4.69, 9.17) is 4.74 Å². The number of amides is 1. The fraction of sp³-hybridized carbons (Fsp3) is 0.562. The van der Waals surface area contributed by atoms with E-state index in [0.717, 1.165) is 38.9 Å². The molecule has 0 unspecified atom stereocenters. The van der Waals surface area contributed by atoms with Gasteiger partial charge in [-0.05, 0) is 31.2 Å². The maximum atomic E-state index is 12.6. The number of hydrogen-bond acceptors (Lipinski definition) is 2. The zero-order valence-corrected chi connectivity index (χ0v) is 11.5. The van der Waals surface area contributed by atoms with Crippen molar-refractivity contribution in [2.75, 3.05) is 20.3 Å². The van der Waals surface area contributed by atoms with Gasteiger partial charge in [-0.25, -0.2) is 0 Å². The van der Waals surface area contributed by atoms with Gasteiger partial charge in [-0.1, -0.05) is 30.3 Å². The van der Waals surface area contributed by atoms with Crippen LogP contribution in [0.15, 0.2) is 30.3 Å². The second-order valence-electron chi connectivity index (χ2n) is 5.86. The maximum absolute atomic E-state index is 12.6. The number of rotatable bonds is 2. The summed E-state index contributed by atoms with van der Waals surface area (Å²) < 4.78 is 5.42. The van der Waals surface area contributed by atoms with Crippen molar-refractivity contribution in [2.45, 2.75) is 31.7 Å². The summed E-state index contributed by atoms with van der Waals surface area (Å²) in [7, 11) is 1.96. The van der Waals surface area contributed by atoms with Crippen molar-refractivity contribution in [3.8, 4) is 0 Å². The van der Waals surface area contributed by atoms with E-state index in [1.807, 2.05) is 18.0 Å². The smallest absolute Gasteiger partial charge is 0.229 e. The summed E-state index contributed by atoms with van der Waals surface area (Å²) in [4.78, 5) is 14.5. The Morgan fingerprint density at radius 1 is 1.26 bits per heavy atom. The summed E-state index contributed by atoms with van der Waals surface area (Å²) >= 11 is 0. The third-order valence-electron chi connectivity index (χ3n) is 4.71. The van der Waals surface area contributed by atoms with Crippen LogP contribution in [0.25, 0.3) is 0 Å². The zero-order chi connectivity index (χ0) is 13.3. The highest BCUT2D eigenvalue weighted by atomic mass is 16.5. The first-order chi connectivity index (χ1) is 9.21. The Balaban J connectivity index is 1.75. The lowest BCUT2D eigenvalue weighted by Gasteiger charge is -2.30. The normalized spacial score (nSPS) is 26.1. The number of nitrogens with zero attached hydrogens (tertiary/aromatic N) is 1. The third-order valence-corrected chi connectivity index (χ3v) is 4.71. The molecule has 0 aliphatic carbocycles. The summed E-state index contributed by atoms with van der Waals surface area (Å²) in [5, 5.41) is 0. The van der Waals surface area contributed by atoms with Gasteiger partial charge in [-0.2, -0.15) is 0 Å². The molecule has 102 valence electrons. The number of carbonyl (C=O) groups excluding carboxylic acids is 1. The standard InChI is InChI=1S/C16H21NO2/c1-17-14(11-13-5-3-2-4-6-13)12-16(15(17)18)7-9-19-10-8-16/h2-6,14H,7-12H2,1H3/t14-/m0/s1. The van der Waals surface area contributed by atoms with Gasteiger partial charge in [0.15, 0.2) is 0 Å². The van der Waals surface area contributed by atoms with Crippen LogP contribution in [0.1, 0.15) is 24.8 Å². The number of hydrogen-bond donors (Lipinski definition) is 0. The molecule has 3 nitrogen and oxygen atoms in total. The second-order valence-corrected chi connectivity index (χ2v) is 5.86. The molecular formula is C16H21NO2. The minimum absolute atomic E-state index is 0.132. The molecule has 0 aromatic heterocycles. The van der Waals surface area contributed by atoms with Crippen LogP contribution in [-0.4, -0.2) is 37.1 Å². The molecule has 0 saturated carbocycles. The molecule has 2 fully saturated rings. The van der Waals surface area contributed by atoms with Gasteiger partial charge in [0.2, 0.25) is 5.91 Å². The van der Waals surface area contributed by atoms with Crippen LogP contribution in [0.3, 0.4) is 0 Å². The van der Waals surface area contributed by atoms with Crippen LogP contribution in [0.4, 0.5) is 0 Å². The monoisotopic (exact) mass is 259 g/mol. The SMILES string of the molecule is CN1C(=O)C2(CCOCC2)C[C@@H]1Cc1ccccc1. The minimum atomic E-state index is -0.132. The van der Waals surface area contributed by atoms with Crippen LogP contribution in [-0.2, 0) is 16.0 Å². The number of ether oxygens (including phenoxy) is 1. The first-order valence-corrected chi connectivity index (χ1v) is 7.10. The molecule has 2 saturated heterocycles.